The van der Waals surface area contributed by atoms with Crippen molar-refractivity contribution in [3.8, 4) is 5.75 Å². The van der Waals surface area contributed by atoms with Crippen LogP contribution in [-0.2, 0) is 4.57 Å². The van der Waals surface area contributed by atoms with E-state index in [-0.39, 0.29) is 5.75 Å². The Balaban J connectivity index is 3.35. The number of nitro groups is 1. The highest BCUT2D eigenvalue weighted by molar-refractivity contribution is 7.60. The fraction of sp³-hybridized carbons (Fsp3) is 0.143. The van der Waals surface area contributed by atoms with Crippen LogP contribution in [0.4, 0.5) is 5.69 Å². The van der Waals surface area contributed by atoms with E-state index in [4.69, 9.17) is 9.79 Å². The molecule has 8 heteroatoms. The van der Waals surface area contributed by atoms with Crippen LogP contribution in [0.1, 0.15) is 0 Å². The number of rotatable bonds is 3. The highest BCUT2D eigenvalue weighted by Gasteiger charge is 2.23. The number of nitrogens with zero attached hydrogens (tertiary/aromatic N) is 1. The molecule has 0 atom stereocenters. The van der Waals surface area contributed by atoms with Crippen LogP contribution in [0, 0.1) is 10.1 Å². The van der Waals surface area contributed by atoms with Gasteiger partial charge in [-0.3, -0.25) is 14.7 Å². The Hall–Kier alpha value is -1.43. The van der Waals surface area contributed by atoms with Crippen molar-refractivity contribution in [1.82, 2.24) is 0 Å². The smallest absolute Gasteiger partial charge is 0.356 e. The highest BCUT2D eigenvalue weighted by Crippen LogP contribution is 2.36. The van der Waals surface area contributed by atoms with Crippen LogP contribution in [0.3, 0.4) is 0 Å². The van der Waals surface area contributed by atoms with Crippen molar-refractivity contribution in [2.75, 3.05) is 7.11 Å². The Labute approximate surface area is 84.6 Å². The van der Waals surface area contributed by atoms with E-state index in [1.807, 2.05) is 0 Å². The first kappa shape index (κ1) is 11.6. The molecule has 0 saturated heterocycles. The molecule has 15 heavy (non-hydrogen) atoms. The summed E-state index contributed by atoms with van der Waals surface area (Å²) >= 11 is 0. The molecule has 1 aromatic carbocycles. The van der Waals surface area contributed by atoms with E-state index in [2.05, 4.69) is 4.74 Å². The minimum atomic E-state index is -4.48. The zero-order valence-electron chi connectivity index (χ0n) is 7.65. The van der Waals surface area contributed by atoms with Crippen molar-refractivity contribution < 1.29 is 24.0 Å². The second kappa shape index (κ2) is 3.98. The summed E-state index contributed by atoms with van der Waals surface area (Å²) in [5.74, 6) is -0.0443. The molecule has 0 fully saturated rings. The van der Waals surface area contributed by atoms with Crippen molar-refractivity contribution in [3.63, 3.8) is 0 Å². The van der Waals surface area contributed by atoms with E-state index in [0.717, 1.165) is 18.2 Å². The molecule has 0 heterocycles. The Morgan fingerprint density at radius 3 is 2.47 bits per heavy atom. The standard InChI is InChI=1S/C7H8NO6P/c1-14-7-3-2-5(15(11,12)13)4-6(7)8(9)10/h2-4H,1H3,(H2,11,12,13). The minimum absolute atomic E-state index is 0.0443. The van der Waals surface area contributed by atoms with Crippen LogP contribution in [0.15, 0.2) is 18.2 Å². The third kappa shape index (κ3) is 2.53. The van der Waals surface area contributed by atoms with Crippen LogP contribution in [0.2, 0.25) is 0 Å². The van der Waals surface area contributed by atoms with Crippen molar-refractivity contribution in [2.24, 2.45) is 0 Å². The number of methoxy groups -OCH3 is 1. The molecule has 0 aromatic heterocycles. The molecule has 1 aromatic rings. The van der Waals surface area contributed by atoms with Crippen LogP contribution in [-0.4, -0.2) is 21.8 Å². The number of nitro benzene ring substituents is 1. The van der Waals surface area contributed by atoms with Crippen molar-refractivity contribution in [3.05, 3.63) is 28.3 Å². The predicted octanol–water partition coefficient (Wildman–Crippen LogP) is 0.406. The quantitative estimate of drug-likeness (QED) is 0.444. The van der Waals surface area contributed by atoms with E-state index in [0.29, 0.717) is 0 Å². The summed E-state index contributed by atoms with van der Waals surface area (Å²) in [6.07, 6.45) is 0. The second-order valence-electron chi connectivity index (χ2n) is 2.66. The molecule has 0 amide bonds. The van der Waals surface area contributed by atoms with Gasteiger partial charge in [0.25, 0.3) is 0 Å². The summed E-state index contributed by atoms with van der Waals surface area (Å²) in [6.45, 7) is 0. The average Bonchev–Trinajstić information content (AvgIpc) is 2.15. The Morgan fingerprint density at radius 1 is 1.47 bits per heavy atom. The van der Waals surface area contributed by atoms with Crippen molar-refractivity contribution >= 4 is 18.6 Å². The third-order valence-electron chi connectivity index (χ3n) is 1.70. The van der Waals surface area contributed by atoms with Crippen LogP contribution in [0.25, 0.3) is 0 Å². The Bertz CT molecular complexity index is 439. The van der Waals surface area contributed by atoms with E-state index >= 15 is 0 Å². The lowest BCUT2D eigenvalue weighted by Crippen LogP contribution is -2.06. The van der Waals surface area contributed by atoms with Gasteiger partial charge in [0.15, 0.2) is 5.75 Å². The number of hydrogen-bond donors (Lipinski definition) is 2. The van der Waals surface area contributed by atoms with Gasteiger partial charge in [0, 0.05) is 6.07 Å². The van der Waals surface area contributed by atoms with Gasteiger partial charge in [-0.2, -0.15) is 0 Å². The van der Waals surface area contributed by atoms with E-state index in [1.165, 1.54) is 7.11 Å². The lowest BCUT2D eigenvalue weighted by Gasteiger charge is -2.05. The third-order valence-corrected chi connectivity index (χ3v) is 2.65. The molecule has 0 bridgehead atoms. The van der Waals surface area contributed by atoms with Crippen LogP contribution >= 0.6 is 7.60 Å². The Morgan fingerprint density at radius 2 is 2.07 bits per heavy atom. The van der Waals surface area contributed by atoms with Gasteiger partial charge in [0.1, 0.15) is 0 Å². The number of hydrogen-bond acceptors (Lipinski definition) is 4. The van der Waals surface area contributed by atoms with Crippen LogP contribution < -0.4 is 10.0 Å². The summed E-state index contributed by atoms with van der Waals surface area (Å²) in [6, 6.07) is 3.04. The molecule has 82 valence electrons. The van der Waals surface area contributed by atoms with Gasteiger partial charge in [-0.1, -0.05) is 0 Å². The first-order chi connectivity index (χ1) is 6.86. The average molecular weight is 233 g/mol. The molecular formula is C7H8NO6P. The largest absolute Gasteiger partial charge is 0.490 e. The summed E-state index contributed by atoms with van der Waals surface area (Å²) in [7, 11) is -3.24. The normalized spacial score (nSPS) is 11.1. The van der Waals surface area contributed by atoms with Gasteiger partial charge in [-0.05, 0) is 12.1 Å². The fourth-order valence-electron chi connectivity index (χ4n) is 1.00. The minimum Gasteiger partial charge on any atom is -0.490 e. The van der Waals surface area contributed by atoms with Gasteiger partial charge >= 0.3 is 13.3 Å². The second-order valence-corrected chi connectivity index (χ2v) is 4.26. The molecule has 0 radical (unpaired) electrons. The van der Waals surface area contributed by atoms with Gasteiger partial charge in [-0.15, -0.1) is 0 Å². The molecule has 0 spiro atoms. The molecular weight excluding hydrogens is 225 g/mol. The van der Waals surface area contributed by atoms with Crippen molar-refractivity contribution in [1.29, 1.82) is 0 Å². The molecule has 0 aliphatic carbocycles. The summed E-state index contributed by atoms with van der Waals surface area (Å²) in [5.41, 5.74) is -0.474. The zero-order chi connectivity index (χ0) is 11.6. The van der Waals surface area contributed by atoms with E-state index in [1.54, 1.807) is 0 Å². The van der Waals surface area contributed by atoms with E-state index in [9.17, 15) is 14.7 Å². The lowest BCUT2D eigenvalue weighted by atomic mass is 10.3. The van der Waals surface area contributed by atoms with Crippen LogP contribution in [0.5, 0.6) is 5.75 Å². The molecule has 0 aliphatic heterocycles. The first-order valence-corrected chi connectivity index (χ1v) is 5.36. The topological polar surface area (TPSA) is 110 Å². The summed E-state index contributed by atoms with van der Waals surface area (Å²) in [5, 5.41) is 10.1. The van der Waals surface area contributed by atoms with Gasteiger partial charge < -0.3 is 14.5 Å². The first-order valence-electron chi connectivity index (χ1n) is 3.75. The zero-order valence-corrected chi connectivity index (χ0v) is 8.55. The van der Waals surface area contributed by atoms with Gasteiger partial charge in [0.05, 0.1) is 17.3 Å². The molecule has 0 unspecified atom stereocenters. The molecule has 7 nitrogen and oxygen atoms in total. The monoisotopic (exact) mass is 233 g/mol. The van der Waals surface area contributed by atoms with Crippen molar-refractivity contribution in [2.45, 2.75) is 0 Å². The Kier molecular flexibility index (Phi) is 3.09. The number of ether oxygens (including phenoxy) is 1. The fourth-order valence-corrected chi connectivity index (χ4v) is 1.56. The maximum atomic E-state index is 10.8. The predicted molar refractivity (Wildman–Crippen MR) is 51.3 cm³/mol. The molecule has 2 N–H and O–H groups in total. The summed E-state index contributed by atoms with van der Waals surface area (Å²) in [4.78, 5) is 27.4. The molecule has 0 saturated carbocycles. The van der Waals surface area contributed by atoms with Gasteiger partial charge in [0.2, 0.25) is 0 Å². The molecule has 1 rings (SSSR count). The SMILES string of the molecule is COc1ccc(P(=O)(O)O)cc1[N+](=O)[O-]. The number of benzene rings is 1. The molecule has 0 aliphatic rings. The lowest BCUT2D eigenvalue weighted by molar-refractivity contribution is -0.385. The maximum Gasteiger partial charge on any atom is 0.356 e. The van der Waals surface area contributed by atoms with E-state index < -0.39 is 23.5 Å². The maximum absolute atomic E-state index is 10.8. The van der Waals surface area contributed by atoms with Gasteiger partial charge in [-0.25, -0.2) is 0 Å². The highest BCUT2D eigenvalue weighted by atomic mass is 31.2. The summed E-state index contributed by atoms with van der Waals surface area (Å²) < 4.78 is 15.5.